The van der Waals surface area contributed by atoms with Gasteiger partial charge in [0.2, 0.25) is 0 Å². The average Bonchev–Trinajstić information content (AvgIpc) is 4.09. The van der Waals surface area contributed by atoms with E-state index in [-0.39, 0.29) is 0 Å². The van der Waals surface area contributed by atoms with E-state index in [4.69, 9.17) is 0 Å². The molecule has 0 radical (unpaired) electrons. The highest BCUT2D eigenvalue weighted by Crippen LogP contribution is 2.74. The van der Waals surface area contributed by atoms with Crippen molar-refractivity contribution in [2.45, 2.75) is 54.8 Å². The van der Waals surface area contributed by atoms with Gasteiger partial charge in [0, 0.05) is 11.8 Å². The zero-order valence-electron chi connectivity index (χ0n) is 29.7. The van der Waals surface area contributed by atoms with Crippen LogP contribution in [-0.4, -0.2) is 0 Å². The van der Waals surface area contributed by atoms with Gasteiger partial charge in [-0.05, 0) is 229 Å². The quantitative estimate of drug-likeness (QED) is 0.110. The lowest BCUT2D eigenvalue weighted by molar-refractivity contribution is 0.527. The van der Waals surface area contributed by atoms with E-state index in [0.717, 1.165) is 6.42 Å². The predicted molar refractivity (Wildman–Crippen MR) is 228 cm³/mol. The fraction of sp³-hybridized carbons (Fsp3) is 0.164. The number of hydrogen-bond donors (Lipinski definition) is 0. The van der Waals surface area contributed by atoms with Crippen molar-refractivity contribution in [1.29, 1.82) is 0 Å². The maximum Gasteiger partial charge on any atom is 0.0114 e. The Bertz CT molecular complexity index is 4230. The minimum atomic E-state index is 0.473. The molecule has 6 atom stereocenters. The van der Waals surface area contributed by atoms with Crippen LogP contribution in [0.1, 0.15) is 104 Å². The molecule has 1 saturated carbocycles. The van der Waals surface area contributed by atoms with E-state index in [9.17, 15) is 0 Å². The van der Waals surface area contributed by atoms with Crippen molar-refractivity contribution in [1.82, 2.24) is 0 Å². The molecule has 55 heavy (non-hydrogen) atoms. The summed E-state index contributed by atoms with van der Waals surface area (Å²) in [7, 11) is 0. The second-order valence-electron chi connectivity index (χ2n) is 19.5. The Balaban J connectivity index is 1.13. The third-order valence-corrected chi connectivity index (χ3v) is 18.2. The minimum absolute atomic E-state index is 0.473. The van der Waals surface area contributed by atoms with E-state index in [0.29, 0.717) is 35.5 Å². The zero-order valence-corrected chi connectivity index (χ0v) is 29.7. The van der Waals surface area contributed by atoms with E-state index in [1.807, 2.05) is 0 Å². The SMILES string of the molecule is c1ccc2c(c1)C1CC2c2c3ccc4cc5cc6c7c8c(cc9c%10c%11c(cc%12c1c2c1c%12c%11c2c(c8%10)c7c5c5c4c3c1c52)C9)C1C2CC(c3ccccc32)C61. The Kier molecular flexibility index (Phi) is 3.02. The lowest BCUT2D eigenvalue weighted by atomic mass is 9.65. The molecule has 246 valence electrons. The van der Waals surface area contributed by atoms with Crippen molar-refractivity contribution in [3.05, 3.63) is 141 Å². The van der Waals surface area contributed by atoms with Crippen molar-refractivity contribution in [2.75, 3.05) is 0 Å². The summed E-state index contributed by atoms with van der Waals surface area (Å²) in [5.41, 5.74) is 16.4. The fourth-order valence-electron chi connectivity index (χ4n) is 17.2. The molecule has 6 unspecified atom stereocenters. The Hall–Kier alpha value is -5.98. The highest BCUT2D eigenvalue weighted by atomic mass is 14.6. The molecule has 0 aliphatic heterocycles. The highest BCUT2D eigenvalue weighted by molar-refractivity contribution is 6.63. The Morgan fingerprint density at radius 3 is 1.60 bits per heavy atom. The van der Waals surface area contributed by atoms with E-state index in [2.05, 4.69) is 84.9 Å². The van der Waals surface area contributed by atoms with E-state index >= 15 is 0 Å². The summed E-state index contributed by atoms with van der Waals surface area (Å²) in [6.45, 7) is 0. The van der Waals surface area contributed by atoms with E-state index in [1.54, 1.807) is 163 Å². The number of rotatable bonds is 0. The first kappa shape index (κ1) is 24.4. The first-order valence-corrected chi connectivity index (χ1v) is 21.0. The van der Waals surface area contributed by atoms with Crippen LogP contribution >= 0.6 is 0 Å². The Labute approximate surface area is 312 Å². The third-order valence-electron chi connectivity index (χ3n) is 18.2. The van der Waals surface area contributed by atoms with Crippen LogP contribution in [0.25, 0.3) is 118 Å². The van der Waals surface area contributed by atoms with Gasteiger partial charge in [-0.15, -0.1) is 0 Å². The summed E-state index contributed by atoms with van der Waals surface area (Å²) >= 11 is 0. The van der Waals surface area contributed by atoms with Crippen LogP contribution in [-0.2, 0) is 6.42 Å². The lowest BCUT2D eigenvalue weighted by Gasteiger charge is -2.38. The Morgan fingerprint density at radius 2 is 0.855 bits per heavy atom. The van der Waals surface area contributed by atoms with Crippen molar-refractivity contribution in [3.8, 4) is 0 Å². The Morgan fingerprint density at radius 1 is 0.327 bits per heavy atom. The number of benzene rings is 11. The van der Waals surface area contributed by atoms with Crippen LogP contribution in [0.3, 0.4) is 0 Å². The molecule has 0 N–H and O–H groups in total. The molecule has 14 aromatic rings. The monoisotopic (exact) mass is 686 g/mol. The van der Waals surface area contributed by atoms with Crippen molar-refractivity contribution in [2.24, 2.45) is 0 Å². The molecular weight excluding hydrogens is 661 g/mol. The van der Waals surface area contributed by atoms with Crippen molar-refractivity contribution < 1.29 is 0 Å². The smallest absolute Gasteiger partial charge is 0.0114 e. The maximum absolute atomic E-state index is 2.79. The fourth-order valence-corrected chi connectivity index (χ4v) is 17.2. The number of hydrogen-bond acceptors (Lipinski definition) is 0. The largest absolute Gasteiger partial charge is 0.0620 e. The first-order chi connectivity index (χ1) is 27.3. The van der Waals surface area contributed by atoms with Gasteiger partial charge in [-0.25, -0.2) is 0 Å². The molecular formula is C55H26. The maximum atomic E-state index is 2.79. The van der Waals surface area contributed by atoms with Gasteiger partial charge in [0.15, 0.2) is 0 Å². The van der Waals surface area contributed by atoms with Crippen LogP contribution < -0.4 is 0 Å². The van der Waals surface area contributed by atoms with Gasteiger partial charge in [-0.1, -0.05) is 72.8 Å². The van der Waals surface area contributed by atoms with Gasteiger partial charge in [0.25, 0.3) is 0 Å². The van der Waals surface area contributed by atoms with Crippen molar-refractivity contribution in [3.63, 3.8) is 0 Å². The minimum Gasteiger partial charge on any atom is -0.0620 e. The molecule has 0 saturated heterocycles. The topological polar surface area (TPSA) is 0 Å². The van der Waals surface area contributed by atoms with Crippen LogP contribution in [0.15, 0.2) is 84.9 Å². The molecule has 0 nitrogen and oxygen atoms in total. The van der Waals surface area contributed by atoms with Crippen LogP contribution in [0.5, 0.6) is 0 Å². The van der Waals surface area contributed by atoms with Gasteiger partial charge in [0.1, 0.15) is 0 Å². The zero-order chi connectivity index (χ0) is 34.0. The molecule has 0 heterocycles. The van der Waals surface area contributed by atoms with Crippen LogP contribution in [0.2, 0.25) is 0 Å². The predicted octanol–water partition coefficient (Wildman–Crippen LogP) is 14.2. The highest BCUT2D eigenvalue weighted by Gasteiger charge is 2.55. The third kappa shape index (κ3) is 1.94. The molecule has 6 aliphatic carbocycles. The molecule has 0 spiro atoms. The molecule has 4 bridgehead atoms. The molecule has 0 aromatic heterocycles. The van der Waals surface area contributed by atoms with E-state index in [1.165, 1.54) is 23.6 Å². The summed E-state index contributed by atoms with van der Waals surface area (Å²) in [5.74, 6) is 3.31. The second-order valence-corrected chi connectivity index (χ2v) is 19.5. The molecule has 1 fully saturated rings. The summed E-state index contributed by atoms with van der Waals surface area (Å²) in [4.78, 5) is 0. The summed E-state index contributed by atoms with van der Waals surface area (Å²) in [5, 5.41) is 35.3. The molecule has 6 aliphatic rings. The average molecular weight is 687 g/mol. The number of fused-ring (bicyclic) bond motifs is 14. The van der Waals surface area contributed by atoms with E-state index < -0.39 is 0 Å². The summed E-state index contributed by atoms with van der Waals surface area (Å²) in [6.07, 6.45) is 3.61. The molecule has 14 aromatic carbocycles. The van der Waals surface area contributed by atoms with Crippen LogP contribution in [0, 0.1) is 0 Å². The lowest BCUT2D eigenvalue weighted by Crippen LogP contribution is -2.21. The molecule has 0 heteroatoms. The van der Waals surface area contributed by atoms with Crippen LogP contribution in [0.4, 0.5) is 0 Å². The van der Waals surface area contributed by atoms with Gasteiger partial charge >= 0.3 is 0 Å². The van der Waals surface area contributed by atoms with Gasteiger partial charge < -0.3 is 0 Å². The van der Waals surface area contributed by atoms with Gasteiger partial charge in [0.05, 0.1) is 0 Å². The standard InChI is InChI=1S/C55H26/c1-4-8-25-22(5-1)27-16-30(25)41-33-15-21-12-20-14-32-40-29-17-28(23-6-2-3-7-24(23)29)39(40)31-13-19-11-18-9-10-26-38(27)50(41)52-45(33)48-36(21)35(20)47-43(32)44(31)49-37(19)46-34(18)42(26)51(52)53(46)55(48)54(47)49/h1-11,13-15,27-30,39-40H,12,16-17H2. The van der Waals surface area contributed by atoms with Crippen molar-refractivity contribution >= 4 is 118 Å². The summed E-state index contributed by atoms with van der Waals surface area (Å²) < 4.78 is 0. The first-order valence-electron chi connectivity index (χ1n) is 21.0. The molecule has 0 amide bonds. The van der Waals surface area contributed by atoms with Gasteiger partial charge in [-0.3, -0.25) is 0 Å². The summed E-state index contributed by atoms with van der Waals surface area (Å²) in [6, 6.07) is 35.2. The molecule has 20 rings (SSSR count). The normalized spacial score (nSPS) is 25.6. The van der Waals surface area contributed by atoms with Gasteiger partial charge in [-0.2, -0.15) is 0 Å². The second kappa shape index (κ2) is 6.79.